The minimum Gasteiger partial charge on any atom is -0.493 e. The Balaban J connectivity index is 1.77. The lowest BCUT2D eigenvalue weighted by Crippen LogP contribution is -2.51. The van der Waals surface area contributed by atoms with Crippen LogP contribution in [0.25, 0.3) is 6.08 Å². The summed E-state index contributed by atoms with van der Waals surface area (Å²) in [4.78, 5) is 26.5. The molecule has 0 bridgehead atoms. The highest BCUT2D eigenvalue weighted by Gasteiger charge is 2.33. The fraction of sp³-hybridized carbons (Fsp3) is 0.273. The Morgan fingerprint density at radius 3 is 2.76 bits per heavy atom. The summed E-state index contributed by atoms with van der Waals surface area (Å²) >= 11 is 0. The minimum atomic E-state index is -0.784. The van der Waals surface area contributed by atoms with Gasteiger partial charge in [-0.15, -0.1) is 0 Å². The van der Waals surface area contributed by atoms with Crippen LogP contribution in [-0.2, 0) is 9.59 Å². The molecule has 152 valence electrons. The quantitative estimate of drug-likeness (QED) is 0.812. The highest BCUT2D eigenvalue weighted by Crippen LogP contribution is 2.34. The van der Waals surface area contributed by atoms with Crippen molar-refractivity contribution in [2.75, 3.05) is 32.2 Å². The second-order valence-electron chi connectivity index (χ2n) is 6.39. The van der Waals surface area contributed by atoms with Gasteiger partial charge >= 0.3 is 0 Å². The second kappa shape index (κ2) is 9.14. The van der Waals surface area contributed by atoms with Gasteiger partial charge in [-0.1, -0.05) is 30.4 Å². The average molecular weight is 396 g/mol. The summed E-state index contributed by atoms with van der Waals surface area (Å²) in [5, 5.41) is 2.56. The van der Waals surface area contributed by atoms with E-state index >= 15 is 0 Å². The smallest absolute Gasteiger partial charge is 0.265 e. The van der Waals surface area contributed by atoms with Crippen LogP contribution >= 0.6 is 0 Å². The molecule has 0 spiro atoms. The third-order valence-corrected chi connectivity index (χ3v) is 4.51. The molecular weight excluding hydrogens is 372 g/mol. The number of nitrogens with one attached hydrogen (secondary N) is 1. The van der Waals surface area contributed by atoms with E-state index in [9.17, 15) is 9.59 Å². The lowest BCUT2D eigenvalue weighted by Gasteiger charge is -2.33. The molecule has 7 nitrogen and oxygen atoms in total. The van der Waals surface area contributed by atoms with E-state index in [4.69, 9.17) is 14.2 Å². The van der Waals surface area contributed by atoms with Gasteiger partial charge in [0.15, 0.2) is 24.2 Å². The molecule has 0 fully saturated rings. The van der Waals surface area contributed by atoms with Gasteiger partial charge in [0.2, 0.25) is 0 Å². The van der Waals surface area contributed by atoms with Gasteiger partial charge in [0.1, 0.15) is 5.75 Å². The number of carbonyl (C=O) groups excluding carboxylic acids is 2. The van der Waals surface area contributed by atoms with Gasteiger partial charge < -0.3 is 24.4 Å². The van der Waals surface area contributed by atoms with E-state index in [1.807, 2.05) is 37.3 Å². The SMILES string of the molecule is C/C=C/c1ccc(OCC(=O)N2C[C@@H](C(=O)NC)Oc3ccccc32)c(OC)c1. The fourth-order valence-electron chi connectivity index (χ4n) is 3.09. The van der Waals surface area contributed by atoms with Crippen molar-refractivity contribution < 1.29 is 23.8 Å². The molecule has 29 heavy (non-hydrogen) atoms. The predicted molar refractivity (Wildman–Crippen MR) is 110 cm³/mol. The monoisotopic (exact) mass is 396 g/mol. The summed E-state index contributed by atoms with van der Waals surface area (Å²) in [6.45, 7) is 1.84. The molecule has 0 unspecified atom stereocenters. The Morgan fingerprint density at radius 2 is 2.03 bits per heavy atom. The molecule has 0 radical (unpaired) electrons. The molecule has 1 N–H and O–H groups in total. The first-order chi connectivity index (χ1) is 14.1. The molecule has 0 saturated carbocycles. The van der Waals surface area contributed by atoms with Crippen LogP contribution < -0.4 is 24.4 Å². The number of hydrogen-bond acceptors (Lipinski definition) is 5. The summed E-state index contributed by atoms with van der Waals surface area (Å²) in [6, 6.07) is 12.6. The number of hydrogen-bond donors (Lipinski definition) is 1. The first-order valence-corrected chi connectivity index (χ1v) is 9.28. The molecule has 2 amide bonds. The van der Waals surface area contributed by atoms with Crippen molar-refractivity contribution in [3.63, 3.8) is 0 Å². The predicted octanol–water partition coefficient (Wildman–Crippen LogP) is 2.65. The van der Waals surface area contributed by atoms with E-state index in [1.54, 1.807) is 31.4 Å². The number of rotatable bonds is 6. The summed E-state index contributed by atoms with van der Waals surface area (Å²) in [5.74, 6) is 0.917. The Labute approximate surface area is 169 Å². The molecule has 1 aliphatic rings. The molecule has 1 atom stereocenters. The van der Waals surface area contributed by atoms with Crippen molar-refractivity contribution in [3.8, 4) is 17.2 Å². The minimum absolute atomic E-state index is 0.107. The molecule has 7 heteroatoms. The van der Waals surface area contributed by atoms with E-state index in [-0.39, 0.29) is 25.0 Å². The van der Waals surface area contributed by atoms with Gasteiger partial charge in [-0.05, 0) is 36.8 Å². The van der Waals surface area contributed by atoms with E-state index in [0.29, 0.717) is 22.9 Å². The van der Waals surface area contributed by atoms with Gasteiger partial charge in [-0.3, -0.25) is 9.59 Å². The number of fused-ring (bicyclic) bond motifs is 1. The third kappa shape index (κ3) is 4.51. The Morgan fingerprint density at radius 1 is 1.24 bits per heavy atom. The maximum atomic E-state index is 12.9. The van der Waals surface area contributed by atoms with Crippen LogP contribution in [0.15, 0.2) is 48.5 Å². The molecule has 0 aliphatic carbocycles. The molecule has 3 rings (SSSR count). The fourth-order valence-corrected chi connectivity index (χ4v) is 3.09. The van der Waals surface area contributed by atoms with Crippen molar-refractivity contribution in [2.24, 2.45) is 0 Å². The van der Waals surface area contributed by atoms with Gasteiger partial charge in [0, 0.05) is 7.05 Å². The van der Waals surface area contributed by atoms with E-state index < -0.39 is 6.10 Å². The topological polar surface area (TPSA) is 77.1 Å². The lowest BCUT2D eigenvalue weighted by molar-refractivity contribution is -0.128. The van der Waals surface area contributed by atoms with Crippen LogP contribution in [0, 0.1) is 0 Å². The first kappa shape index (κ1) is 20.3. The number of allylic oxidation sites excluding steroid dienone is 1. The first-order valence-electron chi connectivity index (χ1n) is 9.28. The number of para-hydroxylation sites is 2. The van der Waals surface area contributed by atoms with Gasteiger partial charge in [-0.25, -0.2) is 0 Å². The summed E-state index contributed by atoms with van der Waals surface area (Å²) in [5.41, 5.74) is 1.58. The molecule has 0 saturated heterocycles. The van der Waals surface area contributed by atoms with Crippen LogP contribution in [0.5, 0.6) is 17.2 Å². The number of methoxy groups -OCH3 is 1. The summed E-state index contributed by atoms with van der Waals surface area (Å²) in [7, 11) is 3.08. The summed E-state index contributed by atoms with van der Waals surface area (Å²) in [6.07, 6.45) is 3.09. The highest BCUT2D eigenvalue weighted by atomic mass is 16.5. The molecule has 1 aliphatic heterocycles. The van der Waals surface area contributed by atoms with Crippen molar-refractivity contribution in [2.45, 2.75) is 13.0 Å². The molecule has 0 aromatic heterocycles. The molecule has 1 heterocycles. The molecule has 2 aromatic rings. The number of anilines is 1. The normalized spacial score (nSPS) is 15.4. The van der Waals surface area contributed by atoms with Crippen LogP contribution in [0.4, 0.5) is 5.69 Å². The van der Waals surface area contributed by atoms with Crippen LogP contribution in [0.1, 0.15) is 12.5 Å². The Bertz CT molecular complexity index is 925. The number of benzene rings is 2. The zero-order valence-corrected chi connectivity index (χ0v) is 16.7. The number of nitrogens with zero attached hydrogens (tertiary/aromatic N) is 1. The Kier molecular flexibility index (Phi) is 6.39. The lowest BCUT2D eigenvalue weighted by atomic mass is 10.1. The Hall–Kier alpha value is -3.48. The van der Waals surface area contributed by atoms with Crippen LogP contribution in [-0.4, -0.2) is 45.2 Å². The largest absolute Gasteiger partial charge is 0.493 e. The average Bonchev–Trinajstić information content (AvgIpc) is 2.76. The zero-order chi connectivity index (χ0) is 20.8. The molecular formula is C22H24N2O5. The van der Waals surface area contributed by atoms with Crippen LogP contribution in [0.2, 0.25) is 0 Å². The van der Waals surface area contributed by atoms with Gasteiger partial charge in [0.05, 0.1) is 19.3 Å². The highest BCUT2D eigenvalue weighted by molar-refractivity contribution is 5.98. The number of likely N-dealkylation sites (N-methyl/N-ethyl adjacent to an activating group) is 1. The maximum Gasteiger partial charge on any atom is 0.265 e. The second-order valence-corrected chi connectivity index (χ2v) is 6.39. The summed E-state index contributed by atoms with van der Waals surface area (Å²) < 4.78 is 16.8. The molecule has 2 aromatic carbocycles. The van der Waals surface area contributed by atoms with Crippen molar-refractivity contribution in [1.29, 1.82) is 0 Å². The third-order valence-electron chi connectivity index (χ3n) is 4.51. The van der Waals surface area contributed by atoms with Crippen molar-refractivity contribution >= 4 is 23.6 Å². The van der Waals surface area contributed by atoms with Crippen molar-refractivity contribution in [1.82, 2.24) is 5.32 Å². The zero-order valence-electron chi connectivity index (χ0n) is 16.7. The number of ether oxygens (including phenoxy) is 3. The number of amides is 2. The van der Waals surface area contributed by atoms with E-state index in [1.165, 1.54) is 11.9 Å². The van der Waals surface area contributed by atoms with Crippen LogP contribution in [0.3, 0.4) is 0 Å². The van der Waals surface area contributed by atoms with Crippen molar-refractivity contribution in [3.05, 3.63) is 54.1 Å². The van der Waals surface area contributed by atoms with Gasteiger partial charge in [-0.2, -0.15) is 0 Å². The number of carbonyl (C=O) groups is 2. The standard InChI is InChI=1S/C22H24N2O5/c1-4-7-15-10-11-18(19(12-15)27-3)28-14-21(25)24-13-20(22(26)23-2)29-17-9-6-5-8-16(17)24/h4-12,20H,13-14H2,1-3H3,(H,23,26)/b7-4+/t20-/m0/s1. The maximum absolute atomic E-state index is 12.9. The van der Waals surface area contributed by atoms with E-state index in [0.717, 1.165) is 5.56 Å². The van der Waals surface area contributed by atoms with E-state index in [2.05, 4.69) is 5.32 Å². The van der Waals surface area contributed by atoms with Gasteiger partial charge in [0.25, 0.3) is 11.8 Å².